The Morgan fingerprint density at radius 2 is 2.23 bits per heavy atom. The van der Waals surface area contributed by atoms with Crippen LogP contribution in [0.5, 0.6) is 0 Å². The monoisotopic (exact) mass is 195 g/mol. The van der Waals surface area contributed by atoms with E-state index in [1.807, 2.05) is 0 Å². The second-order valence-electron chi connectivity index (χ2n) is 2.59. The first-order valence-electron chi connectivity index (χ1n) is 3.49. The van der Waals surface area contributed by atoms with Crippen LogP contribution in [-0.2, 0) is 7.05 Å². The standard InChI is InChI=1S/C6H8F3N3O/c1-12-10-3-4(11-12)5(13)2-6(7,8)9/h3,5,13H,2H2,1H3. The van der Waals surface area contributed by atoms with Gasteiger partial charge in [-0.1, -0.05) is 0 Å². The number of aryl methyl sites for hydroxylation is 1. The van der Waals surface area contributed by atoms with Crippen LogP contribution < -0.4 is 0 Å². The molecule has 0 bridgehead atoms. The van der Waals surface area contributed by atoms with Gasteiger partial charge in [0, 0.05) is 7.05 Å². The molecule has 0 fully saturated rings. The molecule has 0 saturated carbocycles. The molecule has 7 heteroatoms. The number of alkyl halides is 3. The molecule has 1 aromatic rings. The number of hydrogen-bond donors (Lipinski definition) is 1. The molecule has 1 aromatic heterocycles. The van der Waals surface area contributed by atoms with Crippen LogP contribution >= 0.6 is 0 Å². The third-order valence-electron chi connectivity index (χ3n) is 1.38. The molecule has 4 nitrogen and oxygen atoms in total. The van der Waals surface area contributed by atoms with Crippen molar-refractivity contribution in [2.45, 2.75) is 18.7 Å². The van der Waals surface area contributed by atoms with Gasteiger partial charge in [0.2, 0.25) is 0 Å². The number of rotatable bonds is 2. The Morgan fingerprint density at radius 3 is 2.62 bits per heavy atom. The Hall–Kier alpha value is -1.11. The lowest BCUT2D eigenvalue weighted by molar-refractivity contribution is -0.154. The minimum absolute atomic E-state index is 0.0696. The lowest BCUT2D eigenvalue weighted by Crippen LogP contribution is -2.14. The van der Waals surface area contributed by atoms with E-state index in [-0.39, 0.29) is 5.69 Å². The lowest BCUT2D eigenvalue weighted by Gasteiger charge is -2.09. The van der Waals surface area contributed by atoms with Gasteiger partial charge in [-0.3, -0.25) is 0 Å². The van der Waals surface area contributed by atoms with E-state index in [9.17, 15) is 13.2 Å². The van der Waals surface area contributed by atoms with E-state index in [0.717, 1.165) is 11.0 Å². The molecule has 1 heterocycles. The zero-order chi connectivity index (χ0) is 10.1. The first-order valence-corrected chi connectivity index (χ1v) is 3.49. The topological polar surface area (TPSA) is 50.9 Å². The van der Waals surface area contributed by atoms with Crippen LogP contribution in [-0.4, -0.2) is 26.3 Å². The van der Waals surface area contributed by atoms with Crippen LogP contribution in [0.1, 0.15) is 18.2 Å². The number of aliphatic hydroxyl groups is 1. The van der Waals surface area contributed by atoms with Crippen molar-refractivity contribution in [3.05, 3.63) is 11.9 Å². The Morgan fingerprint density at radius 1 is 1.62 bits per heavy atom. The number of aliphatic hydroxyl groups excluding tert-OH is 1. The summed E-state index contributed by atoms with van der Waals surface area (Å²) in [6.07, 6.45) is -6.22. The van der Waals surface area contributed by atoms with E-state index in [0.29, 0.717) is 0 Å². The summed E-state index contributed by atoms with van der Waals surface area (Å²) in [7, 11) is 1.46. The van der Waals surface area contributed by atoms with Crippen LogP contribution in [0.2, 0.25) is 0 Å². The summed E-state index contributed by atoms with van der Waals surface area (Å²) in [5.41, 5.74) is -0.0696. The van der Waals surface area contributed by atoms with Gasteiger partial charge in [0.25, 0.3) is 0 Å². The SMILES string of the molecule is Cn1ncc(C(O)CC(F)(F)F)n1. The summed E-state index contributed by atoms with van der Waals surface area (Å²) < 4.78 is 35.4. The van der Waals surface area contributed by atoms with E-state index in [1.165, 1.54) is 7.05 Å². The Balaban J connectivity index is 2.64. The molecule has 13 heavy (non-hydrogen) atoms. The summed E-state index contributed by atoms with van der Waals surface area (Å²) in [4.78, 5) is 1.09. The zero-order valence-corrected chi connectivity index (χ0v) is 6.78. The highest BCUT2D eigenvalue weighted by molar-refractivity contribution is 4.96. The number of halogens is 3. The third-order valence-corrected chi connectivity index (χ3v) is 1.38. The van der Waals surface area contributed by atoms with Gasteiger partial charge in [0.05, 0.1) is 12.6 Å². The van der Waals surface area contributed by atoms with E-state index >= 15 is 0 Å². The molecule has 0 aliphatic heterocycles. The van der Waals surface area contributed by atoms with E-state index in [4.69, 9.17) is 5.11 Å². The molecule has 0 aromatic carbocycles. The van der Waals surface area contributed by atoms with Crippen LogP contribution in [0, 0.1) is 0 Å². The van der Waals surface area contributed by atoms with Crippen molar-refractivity contribution < 1.29 is 18.3 Å². The lowest BCUT2D eigenvalue weighted by atomic mass is 10.2. The smallest absolute Gasteiger partial charge is 0.386 e. The van der Waals surface area contributed by atoms with Gasteiger partial charge in [-0.15, -0.1) is 0 Å². The first kappa shape index (κ1) is 9.97. The van der Waals surface area contributed by atoms with Crippen LogP contribution in [0.4, 0.5) is 13.2 Å². The summed E-state index contributed by atoms with van der Waals surface area (Å²) in [5.74, 6) is 0. The van der Waals surface area contributed by atoms with Crippen molar-refractivity contribution in [2.24, 2.45) is 7.05 Å². The average molecular weight is 195 g/mol. The molecule has 0 radical (unpaired) electrons. The minimum Gasteiger partial charge on any atom is -0.386 e. The molecule has 0 aliphatic carbocycles. The van der Waals surface area contributed by atoms with Gasteiger partial charge >= 0.3 is 6.18 Å². The predicted octanol–water partition coefficient (Wildman–Crippen LogP) is 0.801. The van der Waals surface area contributed by atoms with E-state index in [1.54, 1.807) is 0 Å². The van der Waals surface area contributed by atoms with Crippen molar-refractivity contribution >= 4 is 0 Å². The molecule has 0 amide bonds. The van der Waals surface area contributed by atoms with Gasteiger partial charge in [-0.2, -0.15) is 28.2 Å². The molecule has 1 unspecified atom stereocenters. The second-order valence-corrected chi connectivity index (χ2v) is 2.59. The van der Waals surface area contributed by atoms with Gasteiger partial charge in [0.1, 0.15) is 11.8 Å². The molecule has 0 spiro atoms. The van der Waals surface area contributed by atoms with Gasteiger partial charge in [-0.25, -0.2) is 0 Å². The number of hydrogen-bond acceptors (Lipinski definition) is 3. The Bertz CT molecular complexity index is 283. The molecular formula is C6H8F3N3O. The molecular weight excluding hydrogens is 187 g/mol. The first-order chi connectivity index (χ1) is 5.88. The summed E-state index contributed by atoms with van der Waals surface area (Å²) in [6, 6.07) is 0. The maximum atomic E-state index is 11.8. The number of nitrogens with zero attached hydrogens (tertiary/aromatic N) is 3. The highest BCUT2D eigenvalue weighted by atomic mass is 19.4. The molecule has 1 rings (SSSR count). The fourth-order valence-electron chi connectivity index (χ4n) is 0.838. The fourth-order valence-corrected chi connectivity index (χ4v) is 0.838. The van der Waals surface area contributed by atoms with Gasteiger partial charge in [-0.05, 0) is 0 Å². The minimum atomic E-state index is -4.39. The van der Waals surface area contributed by atoms with Crippen LogP contribution in [0.15, 0.2) is 6.20 Å². The molecule has 0 saturated heterocycles. The zero-order valence-electron chi connectivity index (χ0n) is 6.78. The largest absolute Gasteiger partial charge is 0.391 e. The van der Waals surface area contributed by atoms with Crippen LogP contribution in [0.3, 0.4) is 0 Å². The molecule has 1 N–H and O–H groups in total. The van der Waals surface area contributed by atoms with Crippen molar-refractivity contribution in [3.63, 3.8) is 0 Å². The van der Waals surface area contributed by atoms with Crippen molar-refractivity contribution in [3.8, 4) is 0 Å². The van der Waals surface area contributed by atoms with Crippen molar-refractivity contribution in [1.29, 1.82) is 0 Å². The average Bonchev–Trinajstić information content (AvgIpc) is 2.31. The van der Waals surface area contributed by atoms with Crippen molar-refractivity contribution in [2.75, 3.05) is 0 Å². The van der Waals surface area contributed by atoms with E-state index < -0.39 is 18.7 Å². The highest BCUT2D eigenvalue weighted by Gasteiger charge is 2.32. The van der Waals surface area contributed by atoms with Gasteiger partial charge in [0.15, 0.2) is 0 Å². The molecule has 74 valence electrons. The normalized spacial score (nSPS) is 14.5. The Labute approximate surface area is 72.0 Å². The fraction of sp³-hybridized carbons (Fsp3) is 0.667. The van der Waals surface area contributed by atoms with E-state index in [2.05, 4.69) is 10.2 Å². The highest BCUT2D eigenvalue weighted by Crippen LogP contribution is 2.27. The second kappa shape index (κ2) is 3.33. The van der Waals surface area contributed by atoms with Gasteiger partial charge < -0.3 is 5.11 Å². The molecule has 0 aliphatic rings. The van der Waals surface area contributed by atoms with Crippen LogP contribution in [0.25, 0.3) is 0 Å². The maximum Gasteiger partial charge on any atom is 0.391 e. The maximum absolute atomic E-state index is 11.8. The number of aromatic nitrogens is 3. The summed E-state index contributed by atoms with van der Waals surface area (Å²) in [5, 5.41) is 16.1. The summed E-state index contributed by atoms with van der Waals surface area (Å²) >= 11 is 0. The Kier molecular flexibility index (Phi) is 2.55. The molecule has 1 atom stereocenters. The van der Waals surface area contributed by atoms with Crippen molar-refractivity contribution in [1.82, 2.24) is 15.0 Å². The third kappa shape index (κ3) is 3.02. The predicted molar refractivity (Wildman–Crippen MR) is 36.6 cm³/mol. The quantitative estimate of drug-likeness (QED) is 0.759. The summed E-state index contributed by atoms with van der Waals surface area (Å²) in [6.45, 7) is 0.